The van der Waals surface area contributed by atoms with Crippen LogP contribution in [0, 0.1) is 5.82 Å². The number of hydrogen-bond donors (Lipinski definition) is 2. The summed E-state index contributed by atoms with van der Waals surface area (Å²) < 4.78 is 12.8. The number of carbonyl (C=O) groups is 2. The molecule has 1 saturated heterocycles. The van der Waals surface area contributed by atoms with Crippen LogP contribution in [0.15, 0.2) is 24.3 Å². The second kappa shape index (κ2) is 7.89. The molecule has 2 rings (SSSR count). The van der Waals surface area contributed by atoms with E-state index in [-0.39, 0.29) is 17.6 Å². The molecule has 1 aromatic carbocycles. The molecule has 6 heteroatoms. The number of benzene rings is 1. The van der Waals surface area contributed by atoms with Crippen LogP contribution in [-0.4, -0.2) is 49.4 Å². The van der Waals surface area contributed by atoms with E-state index in [9.17, 15) is 14.0 Å². The van der Waals surface area contributed by atoms with Crippen molar-refractivity contribution in [1.29, 1.82) is 0 Å². The van der Waals surface area contributed by atoms with Crippen LogP contribution >= 0.6 is 0 Å². The van der Waals surface area contributed by atoms with Gasteiger partial charge in [-0.3, -0.25) is 9.59 Å². The summed E-state index contributed by atoms with van der Waals surface area (Å²) in [6.45, 7) is 1.74. The van der Waals surface area contributed by atoms with Crippen molar-refractivity contribution in [3.8, 4) is 0 Å². The molecule has 0 spiro atoms. The van der Waals surface area contributed by atoms with Crippen molar-refractivity contribution >= 4 is 11.8 Å². The van der Waals surface area contributed by atoms with Gasteiger partial charge in [0.15, 0.2) is 0 Å². The Bertz CT molecular complexity index is 519. The Kier molecular flexibility index (Phi) is 5.89. The highest BCUT2D eigenvalue weighted by Gasteiger charge is 2.30. The summed E-state index contributed by atoms with van der Waals surface area (Å²) in [6.07, 6.45) is 1.81. The maximum Gasteiger partial charge on any atom is 0.243 e. The van der Waals surface area contributed by atoms with Crippen molar-refractivity contribution in [2.45, 2.75) is 25.3 Å². The lowest BCUT2D eigenvalue weighted by molar-refractivity contribution is -0.141. The summed E-state index contributed by atoms with van der Waals surface area (Å²) in [6, 6.07) is 5.89. The number of nitrogens with one attached hydrogen (secondary N) is 2. The molecular formula is C16H22FN3O2. The van der Waals surface area contributed by atoms with E-state index in [4.69, 9.17) is 0 Å². The lowest BCUT2D eigenvalue weighted by atomic mass is 10.1. The molecule has 0 aliphatic carbocycles. The fourth-order valence-electron chi connectivity index (χ4n) is 2.64. The summed E-state index contributed by atoms with van der Waals surface area (Å²) in [4.78, 5) is 25.8. The Morgan fingerprint density at radius 1 is 1.36 bits per heavy atom. The minimum absolute atomic E-state index is 0.00258. The average molecular weight is 307 g/mol. The molecule has 0 unspecified atom stereocenters. The molecule has 0 bridgehead atoms. The Morgan fingerprint density at radius 3 is 2.77 bits per heavy atom. The van der Waals surface area contributed by atoms with E-state index >= 15 is 0 Å². The summed E-state index contributed by atoms with van der Waals surface area (Å²) in [5.41, 5.74) is 1.01. The highest BCUT2D eigenvalue weighted by molar-refractivity contribution is 5.88. The van der Waals surface area contributed by atoms with Gasteiger partial charge in [-0.2, -0.15) is 0 Å². The Hall–Kier alpha value is -1.95. The van der Waals surface area contributed by atoms with Crippen LogP contribution in [0.2, 0.25) is 0 Å². The standard InChI is InChI=1S/C16H22FN3O2/c1-18-16(22)14-11-19-9-10-20(14)15(21)4-2-3-12-5-7-13(17)8-6-12/h5-8,14,19H,2-4,9-11H2,1H3,(H,18,22)/t14-/m0/s1. The number of nitrogens with zero attached hydrogens (tertiary/aromatic N) is 1. The number of piperazine rings is 1. The van der Waals surface area contributed by atoms with Crippen LogP contribution in [0.1, 0.15) is 18.4 Å². The molecule has 22 heavy (non-hydrogen) atoms. The largest absolute Gasteiger partial charge is 0.357 e. The highest BCUT2D eigenvalue weighted by Crippen LogP contribution is 2.11. The first-order valence-electron chi connectivity index (χ1n) is 7.58. The molecule has 1 aliphatic rings. The molecule has 120 valence electrons. The van der Waals surface area contributed by atoms with Gasteiger partial charge in [-0.25, -0.2) is 4.39 Å². The van der Waals surface area contributed by atoms with Gasteiger partial charge < -0.3 is 15.5 Å². The second-order valence-corrected chi connectivity index (χ2v) is 5.40. The molecule has 1 fully saturated rings. The van der Waals surface area contributed by atoms with Gasteiger partial charge in [0.2, 0.25) is 11.8 Å². The first-order valence-corrected chi connectivity index (χ1v) is 7.58. The zero-order chi connectivity index (χ0) is 15.9. The van der Waals surface area contributed by atoms with Gasteiger partial charge in [-0.15, -0.1) is 0 Å². The SMILES string of the molecule is CNC(=O)[C@@H]1CNCCN1C(=O)CCCc1ccc(F)cc1. The minimum atomic E-state index is -0.433. The van der Waals surface area contributed by atoms with E-state index in [2.05, 4.69) is 10.6 Å². The van der Waals surface area contributed by atoms with Crippen LogP contribution in [0.5, 0.6) is 0 Å². The number of hydrogen-bond acceptors (Lipinski definition) is 3. The van der Waals surface area contributed by atoms with Crippen molar-refractivity contribution in [3.05, 3.63) is 35.6 Å². The number of amides is 2. The van der Waals surface area contributed by atoms with Gasteiger partial charge in [0.1, 0.15) is 11.9 Å². The van der Waals surface area contributed by atoms with Crippen LogP contribution in [0.4, 0.5) is 4.39 Å². The van der Waals surface area contributed by atoms with Crippen molar-refractivity contribution in [1.82, 2.24) is 15.5 Å². The Balaban J connectivity index is 1.84. The zero-order valence-electron chi connectivity index (χ0n) is 12.8. The van der Waals surface area contributed by atoms with Crippen molar-refractivity contribution in [2.75, 3.05) is 26.7 Å². The summed E-state index contributed by atoms with van der Waals surface area (Å²) in [5, 5.41) is 5.73. The number of likely N-dealkylation sites (N-methyl/N-ethyl adjacent to an activating group) is 1. The molecular weight excluding hydrogens is 285 g/mol. The van der Waals surface area contributed by atoms with E-state index in [1.165, 1.54) is 12.1 Å². The molecule has 1 aliphatic heterocycles. The Morgan fingerprint density at radius 2 is 2.09 bits per heavy atom. The third-order valence-corrected chi connectivity index (χ3v) is 3.88. The van der Waals surface area contributed by atoms with Crippen molar-refractivity contribution in [3.63, 3.8) is 0 Å². The first-order chi connectivity index (χ1) is 10.6. The number of carbonyl (C=O) groups excluding carboxylic acids is 2. The van der Waals surface area contributed by atoms with Crippen LogP contribution in [0.3, 0.4) is 0 Å². The van der Waals surface area contributed by atoms with E-state index in [1.807, 2.05) is 0 Å². The van der Waals surface area contributed by atoms with Gasteiger partial charge in [0, 0.05) is 33.1 Å². The van der Waals surface area contributed by atoms with Gasteiger partial charge in [0.25, 0.3) is 0 Å². The van der Waals surface area contributed by atoms with Gasteiger partial charge in [-0.1, -0.05) is 12.1 Å². The molecule has 2 amide bonds. The lowest BCUT2D eigenvalue weighted by Gasteiger charge is -2.35. The molecule has 0 aromatic heterocycles. The Labute approximate surface area is 129 Å². The maximum absolute atomic E-state index is 12.8. The van der Waals surface area contributed by atoms with Crippen LogP contribution in [0.25, 0.3) is 0 Å². The topological polar surface area (TPSA) is 61.4 Å². The van der Waals surface area contributed by atoms with E-state index < -0.39 is 6.04 Å². The zero-order valence-corrected chi connectivity index (χ0v) is 12.8. The third-order valence-electron chi connectivity index (χ3n) is 3.88. The summed E-state index contributed by atoms with van der Waals surface area (Å²) in [7, 11) is 1.58. The fraction of sp³-hybridized carbons (Fsp3) is 0.500. The number of aryl methyl sites for hydroxylation is 1. The molecule has 1 atom stereocenters. The van der Waals surface area contributed by atoms with Crippen molar-refractivity contribution < 1.29 is 14.0 Å². The summed E-state index contributed by atoms with van der Waals surface area (Å²) >= 11 is 0. The number of rotatable bonds is 5. The van der Waals surface area contributed by atoms with E-state index in [0.717, 1.165) is 12.0 Å². The van der Waals surface area contributed by atoms with Gasteiger partial charge in [0.05, 0.1) is 0 Å². The summed E-state index contributed by atoms with van der Waals surface area (Å²) in [5.74, 6) is -0.398. The predicted molar refractivity (Wildman–Crippen MR) is 81.8 cm³/mol. The average Bonchev–Trinajstić information content (AvgIpc) is 2.56. The fourth-order valence-corrected chi connectivity index (χ4v) is 2.64. The van der Waals surface area contributed by atoms with Crippen LogP contribution in [-0.2, 0) is 16.0 Å². The molecule has 1 aromatic rings. The molecule has 0 saturated carbocycles. The van der Waals surface area contributed by atoms with Gasteiger partial charge in [-0.05, 0) is 30.5 Å². The van der Waals surface area contributed by atoms with Gasteiger partial charge >= 0.3 is 0 Å². The molecule has 2 N–H and O–H groups in total. The smallest absolute Gasteiger partial charge is 0.243 e. The monoisotopic (exact) mass is 307 g/mol. The normalized spacial score (nSPS) is 18.1. The minimum Gasteiger partial charge on any atom is -0.357 e. The highest BCUT2D eigenvalue weighted by atomic mass is 19.1. The molecule has 0 radical (unpaired) electrons. The van der Waals surface area contributed by atoms with Crippen molar-refractivity contribution in [2.24, 2.45) is 0 Å². The second-order valence-electron chi connectivity index (χ2n) is 5.40. The molecule has 5 nitrogen and oxygen atoms in total. The number of halogens is 1. The van der Waals surface area contributed by atoms with E-state index in [1.54, 1.807) is 24.1 Å². The molecule has 1 heterocycles. The van der Waals surface area contributed by atoms with E-state index in [0.29, 0.717) is 32.5 Å². The first kappa shape index (κ1) is 16.4. The van der Waals surface area contributed by atoms with Crippen LogP contribution < -0.4 is 10.6 Å². The maximum atomic E-state index is 12.8. The quantitative estimate of drug-likeness (QED) is 0.841. The lowest BCUT2D eigenvalue weighted by Crippen LogP contribution is -2.59. The predicted octanol–water partition coefficient (Wildman–Crippen LogP) is 0.695. The third kappa shape index (κ3) is 4.27.